The van der Waals surface area contributed by atoms with E-state index in [-0.39, 0.29) is 23.8 Å². The predicted octanol–water partition coefficient (Wildman–Crippen LogP) is 4.33. The summed E-state index contributed by atoms with van der Waals surface area (Å²) >= 11 is 0. The van der Waals surface area contributed by atoms with E-state index in [1.165, 1.54) is 41.3 Å². The molecule has 32 heavy (non-hydrogen) atoms. The molecule has 4 rings (SSSR count). The van der Waals surface area contributed by atoms with Crippen LogP contribution in [0.2, 0.25) is 0 Å². The fourth-order valence-electron chi connectivity index (χ4n) is 3.49. The molecule has 0 radical (unpaired) electrons. The molecule has 0 aliphatic carbocycles. The highest BCUT2D eigenvalue weighted by atomic mass is 19.1. The molecule has 160 valence electrons. The van der Waals surface area contributed by atoms with Crippen LogP contribution in [0, 0.1) is 5.82 Å². The van der Waals surface area contributed by atoms with E-state index in [0.717, 1.165) is 11.1 Å². The van der Waals surface area contributed by atoms with Crippen molar-refractivity contribution >= 4 is 29.5 Å². The molecule has 6 nitrogen and oxygen atoms in total. The number of carbonyl (C=O) groups is 3. The normalized spacial score (nSPS) is 12.2. The van der Waals surface area contributed by atoms with E-state index in [0.29, 0.717) is 23.4 Å². The van der Waals surface area contributed by atoms with Crippen LogP contribution in [0.5, 0.6) is 0 Å². The van der Waals surface area contributed by atoms with E-state index in [9.17, 15) is 18.8 Å². The van der Waals surface area contributed by atoms with E-state index in [1.54, 1.807) is 36.5 Å². The monoisotopic (exact) mass is 430 g/mol. The fourth-order valence-corrected chi connectivity index (χ4v) is 3.49. The molecule has 0 bridgehead atoms. The second-order valence-corrected chi connectivity index (χ2v) is 7.40. The van der Waals surface area contributed by atoms with E-state index < -0.39 is 11.8 Å². The number of halogens is 1. The minimum absolute atomic E-state index is 0.0473. The van der Waals surface area contributed by atoms with Crippen molar-refractivity contribution in [2.45, 2.75) is 13.0 Å². The number of carboxylic acids is 1. The van der Waals surface area contributed by atoms with Crippen LogP contribution in [0.3, 0.4) is 0 Å². The summed E-state index contributed by atoms with van der Waals surface area (Å²) in [4.78, 5) is 37.7. The second-order valence-electron chi connectivity index (χ2n) is 7.40. The van der Waals surface area contributed by atoms with Gasteiger partial charge < -0.3 is 15.3 Å². The van der Waals surface area contributed by atoms with Crippen molar-refractivity contribution in [1.29, 1.82) is 0 Å². The summed E-state index contributed by atoms with van der Waals surface area (Å²) in [5.41, 5.74) is 3.43. The molecule has 0 saturated heterocycles. The molecular weight excluding hydrogens is 411 g/mol. The molecule has 0 saturated carbocycles. The Morgan fingerprint density at radius 2 is 1.72 bits per heavy atom. The molecule has 0 spiro atoms. The molecule has 1 aliphatic heterocycles. The minimum Gasteiger partial charge on any atom is -0.478 e. The maximum Gasteiger partial charge on any atom is 0.335 e. The average molecular weight is 430 g/mol. The zero-order valence-electron chi connectivity index (χ0n) is 16.9. The lowest BCUT2D eigenvalue weighted by Crippen LogP contribution is -2.27. The maximum absolute atomic E-state index is 13.3. The number of hydrogen-bond acceptors (Lipinski definition) is 3. The first-order chi connectivity index (χ1) is 15.4. The fraction of sp³-hybridized carbons (Fsp3) is 0.0800. The van der Waals surface area contributed by atoms with E-state index in [2.05, 4.69) is 5.32 Å². The smallest absolute Gasteiger partial charge is 0.335 e. The second kappa shape index (κ2) is 8.85. The quantitative estimate of drug-likeness (QED) is 0.631. The Morgan fingerprint density at radius 3 is 2.44 bits per heavy atom. The Kier molecular flexibility index (Phi) is 5.81. The van der Waals surface area contributed by atoms with Gasteiger partial charge in [0, 0.05) is 17.5 Å². The summed E-state index contributed by atoms with van der Waals surface area (Å²) in [6, 6.07) is 17.1. The lowest BCUT2D eigenvalue weighted by atomic mass is 10.0. The number of benzene rings is 3. The van der Waals surface area contributed by atoms with Crippen LogP contribution in [-0.4, -0.2) is 27.8 Å². The summed E-state index contributed by atoms with van der Waals surface area (Å²) in [5, 5.41) is 11.8. The SMILES string of the molecule is O=C(Cc1cccc(F)c1)Nc1ccc2c(c1)CN(C(=O)c1ccc(C(=O)O)cc1)C=C2. The van der Waals surface area contributed by atoms with Crippen LogP contribution in [0.4, 0.5) is 10.1 Å². The number of nitrogens with one attached hydrogen (secondary N) is 1. The highest BCUT2D eigenvalue weighted by molar-refractivity contribution is 5.97. The van der Waals surface area contributed by atoms with Gasteiger partial charge in [-0.1, -0.05) is 18.2 Å². The Morgan fingerprint density at radius 1 is 0.969 bits per heavy atom. The van der Waals surface area contributed by atoms with Gasteiger partial charge in [-0.2, -0.15) is 0 Å². The lowest BCUT2D eigenvalue weighted by molar-refractivity contribution is -0.115. The molecule has 3 aromatic carbocycles. The highest BCUT2D eigenvalue weighted by Crippen LogP contribution is 2.25. The first kappa shape index (κ1) is 21.0. The Balaban J connectivity index is 1.45. The van der Waals surface area contributed by atoms with Crippen molar-refractivity contribution in [2.75, 3.05) is 5.32 Å². The van der Waals surface area contributed by atoms with Gasteiger partial charge in [0.2, 0.25) is 5.91 Å². The van der Waals surface area contributed by atoms with Crippen molar-refractivity contribution in [2.24, 2.45) is 0 Å². The number of hydrogen-bond donors (Lipinski definition) is 2. The zero-order valence-corrected chi connectivity index (χ0v) is 16.9. The molecule has 1 aliphatic rings. The molecule has 7 heteroatoms. The third-order valence-corrected chi connectivity index (χ3v) is 5.09. The van der Waals surface area contributed by atoms with Crippen molar-refractivity contribution in [1.82, 2.24) is 4.90 Å². The van der Waals surface area contributed by atoms with Crippen molar-refractivity contribution < 1.29 is 23.9 Å². The van der Waals surface area contributed by atoms with Gasteiger partial charge >= 0.3 is 5.97 Å². The van der Waals surface area contributed by atoms with Gasteiger partial charge in [-0.05, 0) is 71.3 Å². The van der Waals surface area contributed by atoms with Gasteiger partial charge in [0.15, 0.2) is 0 Å². The summed E-state index contributed by atoms with van der Waals surface area (Å²) in [6.45, 7) is 0.305. The van der Waals surface area contributed by atoms with Crippen LogP contribution in [0.15, 0.2) is 72.9 Å². The summed E-state index contributed by atoms with van der Waals surface area (Å²) in [7, 11) is 0. The Labute approximate surface area is 183 Å². The van der Waals surface area contributed by atoms with Crippen LogP contribution in [-0.2, 0) is 17.8 Å². The van der Waals surface area contributed by atoms with Crippen molar-refractivity contribution in [3.63, 3.8) is 0 Å². The van der Waals surface area contributed by atoms with Crippen molar-refractivity contribution in [3.8, 4) is 0 Å². The zero-order chi connectivity index (χ0) is 22.7. The first-order valence-corrected chi connectivity index (χ1v) is 9.89. The summed E-state index contributed by atoms with van der Waals surface area (Å²) in [5.74, 6) is -1.97. The molecule has 0 fully saturated rings. The number of amides is 2. The number of fused-ring (bicyclic) bond motifs is 1. The number of nitrogens with zero attached hydrogens (tertiary/aromatic N) is 1. The largest absolute Gasteiger partial charge is 0.478 e. The number of anilines is 1. The third-order valence-electron chi connectivity index (χ3n) is 5.09. The topological polar surface area (TPSA) is 86.7 Å². The molecule has 3 aromatic rings. The van der Waals surface area contributed by atoms with E-state index >= 15 is 0 Å². The highest BCUT2D eigenvalue weighted by Gasteiger charge is 2.19. The van der Waals surface area contributed by atoms with Crippen LogP contribution in [0.1, 0.15) is 37.4 Å². The number of aromatic carboxylic acids is 1. The maximum atomic E-state index is 13.3. The van der Waals surface area contributed by atoms with E-state index in [1.807, 2.05) is 6.07 Å². The number of rotatable bonds is 5. The molecule has 2 N–H and O–H groups in total. The van der Waals surface area contributed by atoms with Gasteiger partial charge in [0.25, 0.3) is 5.91 Å². The number of carbonyl (C=O) groups excluding carboxylic acids is 2. The molecule has 0 aromatic heterocycles. The third kappa shape index (κ3) is 4.73. The van der Waals surface area contributed by atoms with Gasteiger partial charge in [0.1, 0.15) is 5.82 Å². The van der Waals surface area contributed by atoms with Crippen LogP contribution in [0.25, 0.3) is 6.08 Å². The lowest BCUT2D eigenvalue weighted by Gasteiger charge is -2.24. The van der Waals surface area contributed by atoms with Gasteiger partial charge in [-0.15, -0.1) is 0 Å². The molecule has 0 atom stereocenters. The van der Waals surface area contributed by atoms with Gasteiger partial charge in [-0.25, -0.2) is 9.18 Å². The minimum atomic E-state index is -1.05. The summed E-state index contributed by atoms with van der Waals surface area (Å²) < 4.78 is 13.3. The van der Waals surface area contributed by atoms with Gasteiger partial charge in [0.05, 0.1) is 18.5 Å². The Hall–Kier alpha value is -4.26. The predicted molar refractivity (Wildman–Crippen MR) is 117 cm³/mol. The van der Waals surface area contributed by atoms with Gasteiger partial charge in [-0.3, -0.25) is 9.59 Å². The standard InChI is InChI=1S/C25H19FN2O4/c26-21-3-1-2-16(12-21)13-23(29)27-22-9-8-17-10-11-28(15-20(17)14-22)24(30)18-4-6-19(7-5-18)25(31)32/h1-12,14H,13,15H2,(H,27,29)(H,31,32). The molecule has 0 unspecified atom stereocenters. The van der Waals surface area contributed by atoms with Crippen molar-refractivity contribution in [3.05, 3.63) is 107 Å². The molecular formula is C25H19FN2O4. The van der Waals surface area contributed by atoms with E-state index in [4.69, 9.17) is 5.11 Å². The number of carboxylic acid groups (broad SMARTS) is 1. The summed E-state index contributed by atoms with van der Waals surface area (Å²) in [6.07, 6.45) is 3.53. The van der Waals surface area contributed by atoms with Crippen LogP contribution >= 0.6 is 0 Å². The first-order valence-electron chi connectivity index (χ1n) is 9.89. The molecule has 1 heterocycles. The average Bonchev–Trinajstić information content (AvgIpc) is 2.78. The van der Waals surface area contributed by atoms with Crippen LogP contribution < -0.4 is 5.32 Å². The Bertz CT molecular complexity index is 1230. The molecule has 2 amide bonds.